The van der Waals surface area contributed by atoms with Crippen LogP contribution in [0.25, 0.3) is 0 Å². The van der Waals surface area contributed by atoms with Crippen molar-refractivity contribution < 1.29 is 4.79 Å². The molecule has 0 aliphatic heterocycles. The van der Waals surface area contributed by atoms with Gasteiger partial charge in [-0.2, -0.15) is 0 Å². The Morgan fingerprint density at radius 1 is 1.21 bits per heavy atom. The molecule has 8 heteroatoms. The first-order chi connectivity index (χ1) is 14.0. The van der Waals surface area contributed by atoms with Gasteiger partial charge in [0.15, 0.2) is 11.0 Å². The van der Waals surface area contributed by atoms with Gasteiger partial charge in [-0.15, -0.1) is 16.8 Å². The highest BCUT2D eigenvalue weighted by molar-refractivity contribution is 7.98. The van der Waals surface area contributed by atoms with Crippen molar-refractivity contribution in [3.63, 3.8) is 0 Å². The van der Waals surface area contributed by atoms with E-state index in [-0.39, 0.29) is 11.9 Å². The van der Waals surface area contributed by atoms with Gasteiger partial charge in [0.1, 0.15) is 0 Å². The molecule has 5 nitrogen and oxygen atoms in total. The summed E-state index contributed by atoms with van der Waals surface area (Å²) in [4.78, 5) is 12.5. The average molecular weight is 447 g/mol. The van der Waals surface area contributed by atoms with E-state index in [1.165, 1.54) is 11.8 Å². The fourth-order valence-corrected chi connectivity index (χ4v) is 4.10. The lowest BCUT2D eigenvalue weighted by Gasteiger charge is -2.15. The third-order valence-corrected chi connectivity index (χ3v) is 5.85. The van der Waals surface area contributed by atoms with Crippen molar-refractivity contribution in [2.24, 2.45) is 0 Å². The number of halogens is 2. The molecule has 0 unspecified atom stereocenters. The Morgan fingerprint density at radius 2 is 1.93 bits per heavy atom. The van der Waals surface area contributed by atoms with Crippen LogP contribution in [0, 0.1) is 0 Å². The van der Waals surface area contributed by atoms with Gasteiger partial charge in [0.2, 0.25) is 0 Å². The molecule has 1 aromatic heterocycles. The summed E-state index contributed by atoms with van der Waals surface area (Å²) < 4.78 is 1.95. The smallest absolute Gasteiger partial charge is 0.251 e. The summed E-state index contributed by atoms with van der Waals surface area (Å²) in [7, 11) is 0. The van der Waals surface area contributed by atoms with Crippen LogP contribution in [0.1, 0.15) is 34.7 Å². The average Bonchev–Trinajstić information content (AvgIpc) is 3.11. The number of hydrogen-bond donors (Lipinski definition) is 1. The Morgan fingerprint density at radius 3 is 2.62 bits per heavy atom. The highest BCUT2D eigenvalue weighted by atomic mass is 35.5. The van der Waals surface area contributed by atoms with Crippen molar-refractivity contribution in [3.05, 3.63) is 88.2 Å². The van der Waals surface area contributed by atoms with Crippen LogP contribution in [0.15, 0.2) is 66.3 Å². The number of allylic oxidation sites excluding steroid dienone is 1. The zero-order valence-electron chi connectivity index (χ0n) is 15.8. The van der Waals surface area contributed by atoms with Crippen LogP contribution >= 0.6 is 35.0 Å². The van der Waals surface area contributed by atoms with Crippen LogP contribution < -0.4 is 5.32 Å². The highest BCUT2D eigenvalue weighted by Crippen LogP contribution is 2.27. The fraction of sp³-hybridized carbons (Fsp3) is 0.190. The van der Waals surface area contributed by atoms with E-state index in [9.17, 15) is 4.79 Å². The van der Waals surface area contributed by atoms with Crippen LogP contribution in [0.2, 0.25) is 10.0 Å². The highest BCUT2D eigenvalue weighted by Gasteiger charge is 2.20. The Bertz CT molecular complexity index is 1000. The van der Waals surface area contributed by atoms with Gasteiger partial charge < -0.3 is 9.88 Å². The Labute approximate surface area is 184 Å². The quantitative estimate of drug-likeness (QED) is 0.363. The lowest BCUT2D eigenvalue weighted by atomic mass is 10.2. The van der Waals surface area contributed by atoms with Crippen molar-refractivity contribution in [2.75, 3.05) is 0 Å². The number of hydrogen-bond acceptors (Lipinski definition) is 4. The molecule has 1 heterocycles. The predicted molar refractivity (Wildman–Crippen MR) is 119 cm³/mol. The molecule has 2 aromatic carbocycles. The van der Waals surface area contributed by atoms with Crippen LogP contribution in [0.4, 0.5) is 0 Å². The van der Waals surface area contributed by atoms with E-state index in [0.717, 1.165) is 15.7 Å². The number of carbonyl (C=O) groups is 1. The number of benzene rings is 2. The molecular weight excluding hydrogens is 427 g/mol. The summed E-state index contributed by atoms with van der Waals surface area (Å²) in [6, 6.07) is 14.1. The molecule has 0 fully saturated rings. The van der Waals surface area contributed by atoms with Crippen molar-refractivity contribution >= 4 is 40.9 Å². The van der Waals surface area contributed by atoms with Crippen LogP contribution in [-0.4, -0.2) is 20.7 Å². The molecule has 0 saturated heterocycles. The van der Waals surface area contributed by atoms with E-state index in [1.54, 1.807) is 30.3 Å². The Hall–Kier alpha value is -2.28. The number of thioether (sulfide) groups is 1. The SMILES string of the molecule is C=CCn1c(SCc2ccccc2Cl)nnc1[C@@H](C)NC(=O)c1ccc(Cl)cc1. The van der Waals surface area contributed by atoms with Gasteiger partial charge in [-0.05, 0) is 42.8 Å². The molecule has 3 rings (SSSR count). The molecule has 3 aromatic rings. The van der Waals surface area contributed by atoms with Crippen LogP contribution in [-0.2, 0) is 12.3 Å². The number of aromatic nitrogens is 3. The van der Waals surface area contributed by atoms with Gasteiger partial charge in [-0.25, -0.2) is 0 Å². The first-order valence-electron chi connectivity index (χ1n) is 8.96. The monoisotopic (exact) mass is 446 g/mol. The van der Waals surface area contributed by atoms with E-state index >= 15 is 0 Å². The van der Waals surface area contributed by atoms with Crippen molar-refractivity contribution in [1.82, 2.24) is 20.1 Å². The largest absolute Gasteiger partial charge is 0.342 e. The minimum atomic E-state index is -0.333. The number of carbonyl (C=O) groups excluding carboxylic acids is 1. The molecule has 0 aliphatic carbocycles. The van der Waals surface area contributed by atoms with E-state index in [0.29, 0.717) is 28.7 Å². The van der Waals surface area contributed by atoms with Gasteiger partial charge in [0.05, 0.1) is 6.04 Å². The Kier molecular flexibility index (Phi) is 7.36. The van der Waals surface area contributed by atoms with Gasteiger partial charge >= 0.3 is 0 Å². The summed E-state index contributed by atoms with van der Waals surface area (Å²) in [6.07, 6.45) is 1.78. The lowest BCUT2D eigenvalue weighted by Crippen LogP contribution is -2.28. The maximum absolute atomic E-state index is 12.5. The number of rotatable bonds is 8. The normalized spacial score (nSPS) is 11.8. The zero-order chi connectivity index (χ0) is 20.8. The summed E-state index contributed by atoms with van der Waals surface area (Å²) in [5.41, 5.74) is 1.56. The van der Waals surface area contributed by atoms with E-state index < -0.39 is 0 Å². The first-order valence-corrected chi connectivity index (χ1v) is 10.7. The zero-order valence-corrected chi connectivity index (χ0v) is 18.1. The van der Waals surface area contributed by atoms with Gasteiger partial charge in [-0.3, -0.25) is 4.79 Å². The minimum absolute atomic E-state index is 0.201. The molecule has 0 saturated carbocycles. The third-order valence-electron chi connectivity index (χ3n) is 4.21. The van der Waals surface area contributed by atoms with Crippen molar-refractivity contribution in [3.8, 4) is 0 Å². The van der Waals surface area contributed by atoms with E-state index in [1.807, 2.05) is 35.8 Å². The molecule has 0 bridgehead atoms. The second kappa shape index (κ2) is 9.96. The van der Waals surface area contributed by atoms with E-state index in [4.69, 9.17) is 23.2 Å². The molecule has 1 N–H and O–H groups in total. The van der Waals surface area contributed by atoms with Gasteiger partial charge in [0.25, 0.3) is 5.91 Å². The van der Waals surface area contributed by atoms with Crippen LogP contribution in [0.3, 0.4) is 0 Å². The minimum Gasteiger partial charge on any atom is -0.342 e. The summed E-state index contributed by atoms with van der Waals surface area (Å²) >= 11 is 13.7. The third kappa shape index (κ3) is 5.41. The molecule has 0 spiro atoms. The molecule has 0 aliphatic rings. The summed E-state index contributed by atoms with van der Waals surface area (Å²) in [5, 5.41) is 13.6. The topological polar surface area (TPSA) is 59.8 Å². The summed E-state index contributed by atoms with van der Waals surface area (Å²) in [5.74, 6) is 1.13. The lowest BCUT2D eigenvalue weighted by molar-refractivity contribution is 0.0937. The Balaban J connectivity index is 1.74. The van der Waals surface area contributed by atoms with Gasteiger partial charge in [0, 0.05) is 27.9 Å². The summed E-state index contributed by atoms with van der Waals surface area (Å²) in [6.45, 7) is 6.23. The van der Waals surface area contributed by atoms with Crippen molar-refractivity contribution in [2.45, 2.75) is 30.4 Å². The molecule has 0 radical (unpaired) electrons. The second-order valence-electron chi connectivity index (χ2n) is 6.32. The number of nitrogens with one attached hydrogen (secondary N) is 1. The fourth-order valence-electron chi connectivity index (χ4n) is 2.73. The number of nitrogens with zero attached hydrogens (tertiary/aromatic N) is 3. The number of amides is 1. The molecule has 150 valence electrons. The molecule has 1 amide bonds. The first kappa shape index (κ1) is 21.4. The van der Waals surface area contributed by atoms with Crippen molar-refractivity contribution in [1.29, 1.82) is 0 Å². The maximum atomic E-state index is 12.5. The van der Waals surface area contributed by atoms with Gasteiger partial charge in [-0.1, -0.05) is 59.2 Å². The van der Waals surface area contributed by atoms with E-state index in [2.05, 4.69) is 22.1 Å². The predicted octanol–water partition coefficient (Wildman–Crippen LogP) is 5.55. The standard InChI is InChI=1S/C21H20Cl2N4OS/c1-3-12-27-19(14(2)24-20(28)15-8-10-17(22)11-9-15)25-26-21(27)29-13-16-6-4-5-7-18(16)23/h3-11,14H,1,12-13H2,2H3,(H,24,28)/t14-/m1/s1. The molecular formula is C21H20Cl2N4OS. The second-order valence-corrected chi connectivity index (χ2v) is 8.11. The molecule has 29 heavy (non-hydrogen) atoms. The molecule has 1 atom stereocenters. The maximum Gasteiger partial charge on any atom is 0.251 e. The van der Waals surface area contributed by atoms with Crippen LogP contribution in [0.5, 0.6) is 0 Å².